The second kappa shape index (κ2) is 21.1. The monoisotopic (exact) mass is 1100 g/mol. The van der Waals surface area contributed by atoms with Crippen molar-refractivity contribution in [3.05, 3.63) is 274 Å². The Morgan fingerprint density at radius 3 is 1.04 bits per heavy atom. The first-order valence-electron chi connectivity index (χ1n) is 29.1. The fraction of sp³-hybridized carbons (Fsp3) is 0.194. The predicted molar refractivity (Wildman–Crippen MR) is 346 cm³/mol. The number of allylic oxidation sites excluding steroid dienone is 4. The number of rotatable bonds is 0. The Balaban J connectivity index is 0.0000000940. The molecule has 0 fully saturated rings. The molecule has 0 atom stereocenters. The third kappa shape index (κ3) is 9.09. The van der Waals surface area contributed by atoms with Crippen molar-refractivity contribution in [2.45, 2.75) is 95.9 Å². The summed E-state index contributed by atoms with van der Waals surface area (Å²) >= 11 is 0. The molecule has 18 rings (SSSR count). The van der Waals surface area contributed by atoms with Gasteiger partial charge in [-0.05, 0) is 213 Å². The molecule has 0 saturated heterocycles. The number of aryl methyl sites for hydroxylation is 8. The van der Waals surface area contributed by atoms with Crippen LogP contribution in [0.2, 0.25) is 0 Å². The molecule has 16 aromatic rings. The fourth-order valence-electron chi connectivity index (χ4n) is 12.3. The highest BCUT2D eigenvalue weighted by Gasteiger charge is 2.22. The molecule has 16 heterocycles. The van der Waals surface area contributed by atoms with Gasteiger partial charge in [-0.25, -0.2) is 9.97 Å². The van der Waals surface area contributed by atoms with E-state index in [1.165, 1.54) is 134 Å². The number of nitrogens with zero attached hydrogens (tertiary/aromatic N) is 12. The molecular weight excluding hydrogens is 1030 g/mol. The lowest BCUT2D eigenvalue weighted by Crippen LogP contribution is -1.88. The average Bonchev–Trinajstić information content (AvgIpc) is 4.39. The molecule has 12 heteroatoms. The Morgan fingerprint density at radius 1 is 0.321 bits per heavy atom. The van der Waals surface area contributed by atoms with E-state index in [1.54, 1.807) is 0 Å². The van der Waals surface area contributed by atoms with Crippen LogP contribution in [0, 0.1) is 55.4 Å². The molecule has 2 aliphatic carbocycles. The molecule has 84 heavy (non-hydrogen) atoms. The van der Waals surface area contributed by atoms with Gasteiger partial charge in [0.15, 0.2) is 0 Å². The third-order valence-electron chi connectivity index (χ3n) is 17.7. The largest absolute Gasteiger partial charge is 0.307 e. The zero-order valence-corrected chi connectivity index (χ0v) is 50.3. The van der Waals surface area contributed by atoms with Gasteiger partial charge < -0.3 is 35.2 Å². The first-order chi connectivity index (χ1) is 40.6. The van der Waals surface area contributed by atoms with Gasteiger partial charge >= 0.3 is 0 Å². The number of hydrogen-bond acceptors (Lipinski definition) is 2. The first kappa shape index (κ1) is 53.4. The quantitative estimate of drug-likeness (QED) is 0.152. The van der Waals surface area contributed by atoms with E-state index in [9.17, 15) is 0 Å². The normalized spacial score (nSPS) is 12.8. The molecule has 2 aliphatic rings. The van der Waals surface area contributed by atoms with Gasteiger partial charge in [-0.1, -0.05) is 47.5 Å². The molecule has 420 valence electrons. The highest BCUT2D eigenvalue weighted by molar-refractivity contribution is 5.75. The van der Waals surface area contributed by atoms with Crippen LogP contribution < -0.4 is 0 Å². The van der Waals surface area contributed by atoms with E-state index in [0.717, 1.165) is 24.1 Å². The third-order valence-corrected chi connectivity index (χ3v) is 17.7. The number of imidazole rings is 6. The van der Waals surface area contributed by atoms with Crippen LogP contribution in [0.25, 0.3) is 67.1 Å². The second-order valence-electron chi connectivity index (χ2n) is 23.0. The van der Waals surface area contributed by atoms with Crippen LogP contribution in [0.3, 0.4) is 0 Å². The van der Waals surface area contributed by atoms with E-state index in [0.29, 0.717) is 0 Å². The maximum Gasteiger partial charge on any atom is 0.137 e. The van der Waals surface area contributed by atoms with Crippen molar-refractivity contribution in [2.75, 3.05) is 0 Å². The molecule has 0 unspecified atom stereocenters. The summed E-state index contributed by atoms with van der Waals surface area (Å²) in [6, 6.07) is 41.7. The second-order valence-corrected chi connectivity index (χ2v) is 23.0. The van der Waals surface area contributed by atoms with Crippen molar-refractivity contribution in [3.8, 4) is 0 Å². The van der Waals surface area contributed by atoms with Crippen LogP contribution >= 0.6 is 0 Å². The van der Waals surface area contributed by atoms with E-state index >= 15 is 0 Å². The van der Waals surface area contributed by atoms with Crippen LogP contribution in [-0.2, 0) is 12.8 Å². The standard InChI is InChI=1S/6C12H12N2/c2*1-9-7-13-8-11-5-3-4-6-14(11)12(13)10(9)2;2*1-9-7-12-13-6-4-3-5-11(13)8-14(12)10(9)2;2*1-8-7-10-12(9(8)2)14-6-4-3-5-11(14)13-10/h4*3-8H,1-2H3;2*3-6H,7H2,1-2H3. The van der Waals surface area contributed by atoms with Gasteiger partial charge in [-0.3, -0.25) is 8.80 Å². The fourth-order valence-corrected chi connectivity index (χ4v) is 12.3. The maximum atomic E-state index is 4.62. The van der Waals surface area contributed by atoms with Crippen molar-refractivity contribution in [2.24, 2.45) is 0 Å². The summed E-state index contributed by atoms with van der Waals surface area (Å²) in [4.78, 5) is 9.23. The molecule has 0 radical (unpaired) electrons. The molecule has 0 spiro atoms. The van der Waals surface area contributed by atoms with Gasteiger partial charge in [0, 0.05) is 98.6 Å². The summed E-state index contributed by atoms with van der Waals surface area (Å²) in [5, 5.41) is 0. The summed E-state index contributed by atoms with van der Waals surface area (Å²) in [6.45, 7) is 26.0. The van der Waals surface area contributed by atoms with Gasteiger partial charge in [0.05, 0.1) is 44.8 Å². The van der Waals surface area contributed by atoms with Crippen molar-refractivity contribution in [1.29, 1.82) is 0 Å². The molecule has 0 bridgehead atoms. The zero-order valence-electron chi connectivity index (χ0n) is 50.3. The van der Waals surface area contributed by atoms with Gasteiger partial charge in [0.1, 0.15) is 33.9 Å². The summed E-state index contributed by atoms with van der Waals surface area (Å²) in [7, 11) is 0. The Bertz CT molecular complexity index is 4900. The van der Waals surface area contributed by atoms with Crippen LogP contribution in [0.4, 0.5) is 0 Å². The minimum atomic E-state index is 1.02. The Labute approximate surface area is 489 Å². The van der Waals surface area contributed by atoms with Gasteiger partial charge in [0.25, 0.3) is 0 Å². The number of pyridine rings is 6. The summed E-state index contributed by atoms with van der Waals surface area (Å²) in [5.41, 5.74) is 33.6. The number of aromatic nitrogens is 12. The Morgan fingerprint density at radius 2 is 0.655 bits per heavy atom. The van der Waals surface area contributed by atoms with E-state index in [-0.39, 0.29) is 0 Å². The van der Waals surface area contributed by atoms with Gasteiger partial charge in [-0.15, -0.1) is 0 Å². The molecule has 12 nitrogen and oxygen atoms in total. The van der Waals surface area contributed by atoms with Crippen molar-refractivity contribution >= 4 is 67.1 Å². The summed E-state index contributed by atoms with van der Waals surface area (Å²) in [5.74, 6) is 0. The van der Waals surface area contributed by atoms with Crippen molar-refractivity contribution in [1.82, 2.24) is 54.0 Å². The zero-order chi connectivity index (χ0) is 58.2. The predicted octanol–water partition coefficient (Wildman–Crippen LogP) is 16.6. The highest BCUT2D eigenvalue weighted by atomic mass is 15.1. The van der Waals surface area contributed by atoms with Crippen LogP contribution in [0.1, 0.15) is 95.2 Å². The summed E-state index contributed by atoms with van der Waals surface area (Å²) < 4.78 is 22.1. The lowest BCUT2D eigenvalue weighted by Gasteiger charge is -1.99. The highest BCUT2D eigenvalue weighted by Crippen LogP contribution is 2.34. The molecule has 0 aliphatic heterocycles. The molecule has 0 saturated carbocycles. The van der Waals surface area contributed by atoms with E-state index in [2.05, 4.69) is 321 Å². The van der Waals surface area contributed by atoms with Crippen LogP contribution in [-0.4, -0.2) is 54.0 Å². The van der Waals surface area contributed by atoms with Crippen molar-refractivity contribution < 1.29 is 0 Å². The SMILES string of the molecule is CC1=C(C)c2c(nc3ccccn23)C1.CC1=C(C)c2c(nc3ccccn23)C1.Cc1cc2n(cc3ccccn32)c1C.Cc1cc2n(cc3ccccn32)c1C.Cc1cn2cc3ccccn3c2c1C.Cc1cn2cc3ccccn3c2c1C. The summed E-state index contributed by atoms with van der Waals surface area (Å²) in [6.07, 6.45) is 27.7. The Kier molecular flexibility index (Phi) is 13.4. The molecule has 0 amide bonds. The van der Waals surface area contributed by atoms with Crippen molar-refractivity contribution in [3.63, 3.8) is 0 Å². The minimum absolute atomic E-state index is 1.02. The number of fused-ring (bicyclic) bond motifs is 18. The molecule has 16 aromatic heterocycles. The van der Waals surface area contributed by atoms with Crippen LogP contribution in [0.15, 0.2) is 207 Å². The van der Waals surface area contributed by atoms with E-state index < -0.39 is 0 Å². The maximum absolute atomic E-state index is 4.62. The van der Waals surface area contributed by atoms with Gasteiger partial charge in [-0.2, -0.15) is 0 Å². The first-order valence-corrected chi connectivity index (χ1v) is 29.1. The van der Waals surface area contributed by atoms with E-state index in [4.69, 9.17) is 0 Å². The lowest BCUT2D eigenvalue weighted by molar-refractivity contribution is 1.10. The topological polar surface area (TPSA) is 69.9 Å². The molecular formula is C72H72N12. The Hall–Kier alpha value is -9.94. The van der Waals surface area contributed by atoms with E-state index in [1.807, 2.05) is 12.1 Å². The average molecular weight is 1110 g/mol. The lowest BCUT2D eigenvalue weighted by atomic mass is 10.2. The number of hydrogen-bond donors (Lipinski definition) is 0. The molecule has 0 N–H and O–H groups in total. The van der Waals surface area contributed by atoms with Crippen LogP contribution in [0.5, 0.6) is 0 Å². The smallest absolute Gasteiger partial charge is 0.137 e. The van der Waals surface area contributed by atoms with Gasteiger partial charge in [0.2, 0.25) is 0 Å². The molecule has 0 aromatic carbocycles. The minimum Gasteiger partial charge on any atom is -0.307 e.